The van der Waals surface area contributed by atoms with E-state index in [0.29, 0.717) is 41.3 Å². The fourth-order valence-electron chi connectivity index (χ4n) is 7.89. The average Bonchev–Trinajstić information content (AvgIpc) is 3.45. The van der Waals surface area contributed by atoms with Crippen LogP contribution in [0.15, 0.2) is 12.1 Å². The van der Waals surface area contributed by atoms with Gasteiger partial charge >= 0.3 is 6.01 Å². The van der Waals surface area contributed by atoms with Gasteiger partial charge in [-0.25, -0.2) is 13.8 Å². The van der Waals surface area contributed by atoms with Gasteiger partial charge in [0.15, 0.2) is 5.82 Å². The number of nitrogens with zero attached hydrogens (tertiary/aromatic N) is 5. The Hall–Kier alpha value is -2.98. The quantitative estimate of drug-likeness (QED) is 0.382. The molecular weight excluding hydrogens is 564 g/mol. The van der Waals surface area contributed by atoms with Crippen LogP contribution in [0.1, 0.15) is 62.8 Å². The predicted octanol–water partition coefficient (Wildman–Crippen LogP) is 6.02. The van der Waals surface area contributed by atoms with Gasteiger partial charge in [0.1, 0.15) is 47.0 Å². The number of ether oxygens (including phenoxy) is 2. The van der Waals surface area contributed by atoms with Crippen LogP contribution in [0.5, 0.6) is 17.6 Å². The van der Waals surface area contributed by atoms with E-state index >= 15 is 4.39 Å². The number of aromatic hydroxyl groups is 1. The standard InChI is InChI=1S/C31H34ClF2N5O3/c1-38-13-17-4-2-5-22(17)42-29-24-27(25(34)26(35-29)20-10-19(40)11-21(32)23(20)16-6-7-16)36-30(37-28(24)38)41-15-31-8-3-9-39(31)14-18(33)12-31/h10-11,16-18,22,40H,2-9,12-15H2,1H3/t17?,18-,22?,31+/m1/s1. The highest BCUT2D eigenvalue weighted by molar-refractivity contribution is 6.32. The van der Waals surface area contributed by atoms with Gasteiger partial charge in [-0.3, -0.25) is 4.90 Å². The van der Waals surface area contributed by atoms with Gasteiger partial charge in [0.25, 0.3) is 0 Å². The first kappa shape index (κ1) is 26.6. The molecule has 42 heavy (non-hydrogen) atoms. The Kier molecular flexibility index (Phi) is 6.20. The van der Waals surface area contributed by atoms with Gasteiger partial charge < -0.3 is 19.5 Å². The number of pyridine rings is 1. The van der Waals surface area contributed by atoms with Crippen molar-refractivity contribution in [2.24, 2.45) is 5.92 Å². The van der Waals surface area contributed by atoms with Crippen molar-refractivity contribution in [3.05, 3.63) is 28.5 Å². The number of hydrogen-bond acceptors (Lipinski definition) is 8. The molecule has 0 amide bonds. The van der Waals surface area contributed by atoms with Crippen molar-refractivity contribution in [2.75, 3.05) is 38.2 Å². The molecule has 5 aliphatic rings. The van der Waals surface area contributed by atoms with Crippen molar-refractivity contribution < 1.29 is 23.4 Å². The Morgan fingerprint density at radius 2 is 2.00 bits per heavy atom. The summed E-state index contributed by atoms with van der Waals surface area (Å²) in [6.45, 7) is 2.20. The van der Waals surface area contributed by atoms with E-state index in [1.165, 1.54) is 12.1 Å². The van der Waals surface area contributed by atoms with Gasteiger partial charge in [-0.05, 0) is 75.1 Å². The maximum atomic E-state index is 16.8. The minimum absolute atomic E-state index is 0.0437. The van der Waals surface area contributed by atoms with Gasteiger partial charge in [0.2, 0.25) is 5.88 Å². The number of anilines is 1. The smallest absolute Gasteiger partial charge is 0.319 e. The second kappa shape index (κ2) is 9.77. The van der Waals surface area contributed by atoms with E-state index in [2.05, 4.69) is 9.88 Å². The average molecular weight is 598 g/mol. The van der Waals surface area contributed by atoms with E-state index in [1.54, 1.807) is 0 Å². The normalized spacial score (nSPS) is 28.9. The summed E-state index contributed by atoms with van der Waals surface area (Å²) in [5.41, 5.74) is 0.933. The van der Waals surface area contributed by atoms with Crippen LogP contribution in [-0.4, -0.2) is 76.1 Å². The van der Waals surface area contributed by atoms with Gasteiger partial charge in [0.05, 0.1) is 5.54 Å². The van der Waals surface area contributed by atoms with E-state index in [4.69, 9.17) is 31.0 Å². The second-order valence-electron chi connectivity index (χ2n) is 12.9. The lowest BCUT2D eigenvalue weighted by Crippen LogP contribution is -2.43. The van der Waals surface area contributed by atoms with E-state index in [0.717, 1.165) is 57.1 Å². The lowest BCUT2D eigenvalue weighted by Gasteiger charge is -2.32. The van der Waals surface area contributed by atoms with Crippen molar-refractivity contribution in [2.45, 2.75) is 75.1 Å². The van der Waals surface area contributed by atoms with E-state index < -0.39 is 12.0 Å². The Bertz CT molecular complexity index is 1590. The van der Waals surface area contributed by atoms with Crippen molar-refractivity contribution in [3.63, 3.8) is 0 Å². The van der Waals surface area contributed by atoms with Gasteiger partial charge in [-0.2, -0.15) is 9.97 Å². The molecule has 0 radical (unpaired) electrons. The summed E-state index contributed by atoms with van der Waals surface area (Å²) in [5.74, 6) is 0.533. The van der Waals surface area contributed by atoms with Crippen LogP contribution in [0.4, 0.5) is 14.6 Å². The van der Waals surface area contributed by atoms with Crippen molar-refractivity contribution in [1.82, 2.24) is 19.9 Å². The first-order valence-corrected chi connectivity index (χ1v) is 15.5. The molecule has 3 aromatic rings. The highest BCUT2D eigenvalue weighted by Crippen LogP contribution is 2.50. The lowest BCUT2D eigenvalue weighted by molar-refractivity contribution is 0.107. The second-order valence-corrected chi connectivity index (χ2v) is 13.3. The maximum Gasteiger partial charge on any atom is 0.319 e. The zero-order valence-electron chi connectivity index (χ0n) is 23.6. The van der Waals surface area contributed by atoms with Gasteiger partial charge in [-0.1, -0.05) is 11.6 Å². The summed E-state index contributed by atoms with van der Waals surface area (Å²) in [4.78, 5) is 18.4. The van der Waals surface area contributed by atoms with Crippen LogP contribution < -0.4 is 14.4 Å². The van der Waals surface area contributed by atoms with Crippen LogP contribution >= 0.6 is 11.6 Å². The highest BCUT2D eigenvalue weighted by atomic mass is 35.5. The molecule has 0 bridgehead atoms. The molecule has 8 rings (SSSR count). The molecule has 4 fully saturated rings. The van der Waals surface area contributed by atoms with Crippen LogP contribution in [0, 0.1) is 11.7 Å². The predicted molar refractivity (Wildman–Crippen MR) is 155 cm³/mol. The number of halogens is 3. The van der Waals surface area contributed by atoms with Gasteiger partial charge in [-0.15, -0.1) is 0 Å². The molecule has 2 saturated heterocycles. The molecule has 2 aliphatic carbocycles. The summed E-state index contributed by atoms with van der Waals surface area (Å²) in [5, 5.41) is 11.3. The molecule has 222 valence electrons. The number of phenols is 1. The summed E-state index contributed by atoms with van der Waals surface area (Å²) < 4.78 is 43.9. The number of phenolic OH excluding ortho intramolecular Hbond substituents is 1. The zero-order chi connectivity index (χ0) is 28.7. The Morgan fingerprint density at radius 3 is 2.83 bits per heavy atom. The van der Waals surface area contributed by atoms with Crippen molar-refractivity contribution >= 4 is 28.3 Å². The molecule has 5 heterocycles. The van der Waals surface area contributed by atoms with E-state index in [1.807, 2.05) is 11.9 Å². The number of hydrogen-bond donors (Lipinski definition) is 1. The van der Waals surface area contributed by atoms with Crippen LogP contribution in [0.25, 0.3) is 22.2 Å². The minimum Gasteiger partial charge on any atom is -0.508 e. The zero-order valence-corrected chi connectivity index (χ0v) is 24.3. The molecule has 2 saturated carbocycles. The van der Waals surface area contributed by atoms with Crippen LogP contribution in [0.2, 0.25) is 5.02 Å². The molecular formula is C31H34ClF2N5O3. The Morgan fingerprint density at radius 1 is 1.14 bits per heavy atom. The lowest BCUT2D eigenvalue weighted by atomic mass is 9.95. The first-order chi connectivity index (χ1) is 20.3. The largest absolute Gasteiger partial charge is 0.508 e. The molecule has 1 aromatic carbocycles. The summed E-state index contributed by atoms with van der Waals surface area (Å²) in [7, 11) is 1.95. The third-order valence-electron chi connectivity index (χ3n) is 10.0. The van der Waals surface area contributed by atoms with E-state index in [9.17, 15) is 9.50 Å². The van der Waals surface area contributed by atoms with Crippen LogP contribution in [-0.2, 0) is 0 Å². The van der Waals surface area contributed by atoms with E-state index in [-0.39, 0.29) is 58.9 Å². The molecule has 0 spiro atoms. The topological polar surface area (TPSA) is 83.8 Å². The molecule has 8 nitrogen and oxygen atoms in total. The molecule has 2 unspecified atom stereocenters. The Labute approximate surface area is 248 Å². The fourth-order valence-corrected chi connectivity index (χ4v) is 8.26. The minimum atomic E-state index is -0.883. The SMILES string of the molecule is CN1CC2CCCC2Oc2nc(-c3cc(O)cc(Cl)c3C3CC3)c(F)c3nc(OC[C@@]45CCCN4C[C@H](F)C5)nc1c23. The molecule has 11 heteroatoms. The number of benzene rings is 1. The summed E-state index contributed by atoms with van der Waals surface area (Å²) in [6.07, 6.45) is 6.15. The molecule has 3 aliphatic heterocycles. The summed E-state index contributed by atoms with van der Waals surface area (Å²) >= 11 is 6.60. The molecule has 4 atom stereocenters. The number of alkyl halides is 1. The van der Waals surface area contributed by atoms with Crippen LogP contribution in [0.3, 0.4) is 0 Å². The first-order valence-electron chi connectivity index (χ1n) is 15.1. The van der Waals surface area contributed by atoms with Gasteiger partial charge in [0, 0.05) is 43.1 Å². The monoisotopic (exact) mass is 597 g/mol. The summed E-state index contributed by atoms with van der Waals surface area (Å²) in [6, 6.07) is 3.07. The fraction of sp³-hybridized carbons (Fsp3) is 0.581. The third kappa shape index (κ3) is 4.27. The number of aromatic nitrogens is 3. The van der Waals surface area contributed by atoms with Crippen molar-refractivity contribution in [1.29, 1.82) is 0 Å². The molecule has 1 N–H and O–H groups in total. The maximum absolute atomic E-state index is 16.8. The highest BCUT2D eigenvalue weighted by Gasteiger charge is 2.49. The molecule has 2 aromatic heterocycles. The number of fused-ring (bicyclic) bond motifs is 2. The number of rotatable bonds is 5. The Balaban J connectivity index is 1.29. The van der Waals surface area contributed by atoms with Crippen molar-refractivity contribution in [3.8, 4) is 28.9 Å². The third-order valence-corrected chi connectivity index (χ3v) is 10.3.